The van der Waals surface area contributed by atoms with Crippen LogP contribution in [0.2, 0.25) is 0 Å². The summed E-state index contributed by atoms with van der Waals surface area (Å²) in [5.41, 5.74) is 1.35. The molecule has 0 radical (unpaired) electrons. The van der Waals surface area contributed by atoms with Crippen molar-refractivity contribution in [1.29, 1.82) is 0 Å². The van der Waals surface area contributed by atoms with Gasteiger partial charge >= 0.3 is 0 Å². The van der Waals surface area contributed by atoms with Gasteiger partial charge in [0.05, 0.1) is 0 Å². The van der Waals surface area contributed by atoms with Crippen molar-refractivity contribution >= 4 is 22.6 Å². The van der Waals surface area contributed by atoms with Crippen LogP contribution in [0.3, 0.4) is 0 Å². The molecule has 0 nitrogen and oxygen atoms in total. The molecule has 46 valence electrons. The lowest BCUT2D eigenvalue weighted by atomic mass is 10.2. The molecule has 0 spiro atoms. The highest BCUT2D eigenvalue weighted by Crippen LogP contribution is 1.98. The molecule has 0 N–H and O–H groups in total. The molecule has 0 aromatic carbocycles. The van der Waals surface area contributed by atoms with Crippen LogP contribution in [-0.2, 0) is 0 Å². The Labute approximate surface area is 64.8 Å². The molecule has 1 heteroatoms. The lowest BCUT2D eigenvalue weighted by Crippen LogP contribution is -1.63. The van der Waals surface area contributed by atoms with Gasteiger partial charge in [0.1, 0.15) is 0 Å². The molecule has 0 amide bonds. The Hall–Kier alpha value is 0.210. The molecule has 0 bridgehead atoms. The van der Waals surface area contributed by atoms with Crippen LogP contribution in [0.25, 0.3) is 0 Å². The SMILES string of the molecule is CC/C=C(C)\C=C/I. The molecule has 0 aliphatic carbocycles. The zero-order valence-electron chi connectivity index (χ0n) is 5.32. The van der Waals surface area contributed by atoms with Crippen molar-refractivity contribution < 1.29 is 0 Å². The molecule has 8 heavy (non-hydrogen) atoms. The quantitative estimate of drug-likeness (QED) is 0.496. The summed E-state index contributed by atoms with van der Waals surface area (Å²) in [7, 11) is 0. The number of hydrogen-bond donors (Lipinski definition) is 0. The largest absolute Gasteiger partial charge is 0.0819 e. The van der Waals surface area contributed by atoms with Gasteiger partial charge in [0.15, 0.2) is 0 Å². The minimum absolute atomic E-state index is 1.13. The van der Waals surface area contributed by atoms with E-state index in [4.69, 9.17) is 0 Å². The summed E-state index contributed by atoms with van der Waals surface area (Å²) in [6, 6.07) is 0. The zero-order chi connectivity index (χ0) is 6.41. The van der Waals surface area contributed by atoms with E-state index in [9.17, 15) is 0 Å². The summed E-state index contributed by atoms with van der Waals surface area (Å²) in [6.45, 7) is 4.25. The van der Waals surface area contributed by atoms with E-state index in [1.54, 1.807) is 0 Å². The van der Waals surface area contributed by atoms with Crippen LogP contribution in [0.1, 0.15) is 20.3 Å². The van der Waals surface area contributed by atoms with Crippen molar-refractivity contribution in [1.82, 2.24) is 0 Å². The van der Waals surface area contributed by atoms with E-state index in [2.05, 4.69) is 48.6 Å². The number of halogens is 1. The number of allylic oxidation sites excluding steroid dienone is 3. The predicted octanol–water partition coefficient (Wildman–Crippen LogP) is 3.29. The molecule has 0 atom stereocenters. The minimum atomic E-state index is 1.13. The van der Waals surface area contributed by atoms with Crippen LogP contribution < -0.4 is 0 Å². The molecule has 0 saturated carbocycles. The maximum atomic E-state index is 2.22. The smallest absolute Gasteiger partial charge is 0.0231 e. The van der Waals surface area contributed by atoms with Gasteiger partial charge in [0.2, 0.25) is 0 Å². The van der Waals surface area contributed by atoms with Crippen molar-refractivity contribution in [3.8, 4) is 0 Å². The first-order valence-corrected chi connectivity index (χ1v) is 3.99. The van der Waals surface area contributed by atoms with Crippen LogP contribution in [-0.4, -0.2) is 0 Å². The van der Waals surface area contributed by atoms with E-state index in [-0.39, 0.29) is 0 Å². The Kier molecular flexibility index (Phi) is 5.49. The van der Waals surface area contributed by atoms with Crippen LogP contribution in [0.5, 0.6) is 0 Å². The maximum Gasteiger partial charge on any atom is -0.0231 e. The standard InChI is InChI=1S/C7H11I/c1-3-4-7(2)5-6-8/h4-6H,3H2,1-2H3/b6-5-,7-4-. The average molecular weight is 222 g/mol. The fourth-order valence-corrected chi connectivity index (χ4v) is 1.06. The van der Waals surface area contributed by atoms with Crippen molar-refractivity contribution in [3.63, 3.8) is 0 Å². The van der Waals surface area contributed by atoms with Crippen molar-refractivity contribution in [2.24, 2.45) is 0 Å². The summed E-state index contributed by atoms with van der Waals surface area (Å²) in [6.07, 6.45) is 5.44. The highest BCUT2D eigenvalue weighted by atomic mass is 127. The molecule has 0 saturated heterocycles. The zero-order valence-corrected chi connectivity index (χ0v) is 7.47. The summed E-state index contributed by atoms with van der Waals surface area (Å²) in [5, 5.41) is 0. The minimum Gasteiger partial charge on any atom is -0.0819 e. The van der Waals surface area contributed by atoms with Gasteiger partial charge in [-0.05, 0) is 17.4 Å². The third kappa shape index (κ3) is 4.37. The second kappa shape index (κ2) is 5.35. The first kappa shape index (κ1) is 8.21. The van der Waals surface area contributed by atoms with Gasteiger partial charge in [-0.1, -0.05) is 47.2 Å². The topological polar surface area (TPSA) is 0 Å². The normalized spacial score (nSPS) is 13.1. The van der Waals surface area contributed by atoms with Crippen molar-refractivity contribution in [2.45, 2.75) is 20.3 Å². The highest BCUT2D eigenvalue weighted by Gasteiger charge is 1.74. The van der Waals surface area contributed by atoms with E-state index in [0.29, 0.717) is 0 Å². The molecule has 0 fully saturated rings. The summed E-state index contributed by atoms with van der Waals surface area (Å²) >= 11 is 2.22. The molecule has 0 aliphatic heterocycles. The molecular weight excluding hydrogens is 211 g/mol. The molecule has 0 heterocycles. The van der Waals surface area contributed by atoms with Gasteiger partial charge in [-0.2, -0.15) is 0 Å². The van der Waals surface area contributed by atoms with Crippen LogP contribution in [0.15, 0.2) is 21.8 Å². The van der Waals surface area contributed by atoms with Crippen LogP contribution in [0.4, 0.5) is 0 Å². The highest BCUT2D eigenvalue weighted by molar-refractivity contribution is 14.1. The third-order valence-electron chi connectivity index (χ3n) is 0.852. The Morgan fingerprint density at radius 1 is 1.62 bits per heavy atom. The van der Waals surface area contributed by atoms with E-state index >= 15 is 0 Å². The van der Waals surface area contributed by atoms with E-state index < -0.39 is 0 Å². The van der Waals surface area contributed by atoms with Gasteiger partial charge < -0.3 is 0 Å². The summed E-state index contributed by atoms with van der Waals surface area (Å²) < 4.78 is 2.03. The van der Waals surface area contributed by atoms with Crippen molar-refractivity contribution in [3.05, 3.63) is 21.8 Å². The van der Waals surface area contributed by atoms with Gasteiger partial charge in [-0.15, -0.1) is 0 Å². The summed E-state index contributed by atoms with van der Waals surface area (Å²) in [4.78, 5) is 0. The third-order valence-corrected chi connectivity index (χ3v) is 1.21. The predicted molar refractivity (Wildman–Crippen MR) is 47.2 cm³/mol. The lowest BCUT2D eigenvalue weighted by Gasteiger charge is -1.84. The van der Waals surface area contributed by atoms with Gasteiger partial charge in [-0.3, -0.25) is 0 Å². The Balaban J connectivity index is 3.61. The van der Waals surface area contributed by atoms with E-state index in [1.165, 1.54) is 5.57 Å². The second-order valence-corrected chi connectivity index (χ2v) is 2.37. The second-order valence-electron chi connectivity index (χ2n) is 1.65. The monoisotopic (exact) mass is 222 g/mol. The van der Waals surface area contributed by atoms with Crippen LogP contribution >= 0.6 is 22.6 Å². The van der Waals surface area contributed by atoms with Crippen LogP contribution in [0, 0.1) is 0 Å². The fraction of sp³-hybridized carbons (Fsp3) is 0.429. The molecule has 0 unspecified atom stereocenters. The van der Waals surface area contributed by atoms with Gasteiger partial charge in [-0.25, -0.2) is 0 Å². The number of rotatable bonds is 2. The molecule has 0 rings (SSSR count). The van der Waals surface area contributed by atoms with E-state index in [0.717, 1.165) is 6.42 Å². The first-order valence-electron chi connectivity index (χ1n) is 2.74. The number of hydrogen-bond acceptors (Lipinski definition) is 0. The van der Waals surface area contributed by atoms with Gasteiger partial charge in [0, 0.05) is 0 Å². The van der Waals surface area contributed by atoms with Crippen molar-refractivity contribution in [2.75, 3.05) is 0 Å². The maximum absolute atomic E-state index is 2.22. The Morgan fingerprint density at radius 3 is 2.62 bits per heavy atom. The molecule has 0 aromatic heterocycles. The van der Waals surface area contributed by atoms with Gasteiger partial charge in [0.25, 0.3) is 0 Å². The first-order chi connectivity index (χ1) is 3.81. The average Bonchev–Trinajstić information content (AvgIpc) is 1.68. The lowest BCUT2D eigenvalue weighted by molar-refractivity contribution is 1.20. The fourth-order valence-electron chi connectivity index (χ4n) is 0.489. The summed E-state index contributed by atoms with van der Waals surface area (Å²) in [5.74, 6) is 0. The Bertz CT molecular complexity index is 101. The molecular formula is C7H11I. The molecule has 0 aliphatic rings. The Morgan fingerprint density at radius 2 is 2.25 bits per heavy atom. The van der Waals surface area contributed by atoms with E-state index in [1.807, 2.05) is 4.08 Å². The molecule has 0 aromatic rings.